The van der Waals surface area contributed by atoms with Crippen molar-refractivity contribution in [3.8, 4) is 0 Å². The normalized spacial score (nSPS) is 23.4. The summed E-state index contributed by atoms with van der Waals surface area (Å²) >= 11 is 0. The second kappa shape index (κ2) is 2.76. The van der Waals surface area contributed by atoms with Gasteiger partial charge in [0.05, 0.1) is 0 Å². The summed E-state index contributed by atoms with van der Waals surface area (Å²) < 4.78 is 0. The van der Waals surface area contributed by atoms with Gasteiger partial charge in [-0.2, -0.15) is 0 Å². The summed E-state index contributed by atoms with van der Waals surface area (Å²) in [5, 5.41) is 0. The van der Waals surface area contributed by atoms with Gasteiger partial charge in [-0.1, -0.05) is 20.3 Å². The average molecular weight is 154 g/mol. The Labute approximate surface area is 68.6 Å². The van der Waals surface area contributed by atoms with Crippen molar-refractivity contribution in [2.75, 3.05) is 0 Å². The van der Waals surface area contributed by atoms with Crippen LogP contribution in [0, 0.1) is 11.3 Å². The van der Waals surface area contributed by atoms with Gasteiger partial charge in [0, 0.05) is 17.3 Å². The molecule has 2 heteroatoms. The number of nitrogens with two attached hydrogens (primary N) is 2. The van der Waals surface area contributed by atoms with Gasteiger partial charge < -0.3 is 11.5 Å². The Morgan fingerprint density at radius 3 is 2.09 bits per heavy atom. The lowest BCUT2D eigenvalue weighted by Gasteiger charge is -2.45. The van der Waals surface area contributed by atoms with Crippen molar-refractivity contribution in [3.05, 3.63) is 11.9 Å². The lowest BCUT2D eigenvalue weighted by Crippen LogP contribution is -2.40. The molecule has 1 aliphatic rings. The van der Waals surface area contributed by atoms with Crippen molar-refractivity contribution in [2.24, 2.45) is 22.8 Å². The van der Waals surface area contributed by atoms with Gasteiger partial charge in [-0.3, -0.25) is 0 Å². The second-order valence-corrected chi connectivity index (χ2v) is 3.79. The molecule has 0 spiro atoms. The van der Waals surface area contributed by atoms with Crippen LogP contribution in [0.4, 0.5) is 0 Å². The first kappa shape index (κ1) is 8.44. The number of hydrogen-bond acceptors (Lipinski definition) is 2. The van der Waals surface area contributed by atoms with Gasteiger partial charge in [0.1, 0.15) is 0 Å². The van der Waals surface area contributed by atoms with Crippen molar-refractivity contribution >= 4 is 0 Å². The molecule has 11 heavy (non-hydrogen) atoms. The molecule has 4 N–H and O–H groups in total. The molecule has 0 aromatic carbocycles. The fourth-order valence-electron chi connectivity index (χ4n) is 1.92. The standard InChI is InChI=1S/C9H18N2/c1-7(2)9(4-3-5-9)8(11)6-10/h6-7H,3-5,10-11H2,1-2H3/b8-6-. The zero-order valence-corrected chi connectivity index (χ0v) is 7.43. The van der Waals surface area contributed by atoms with E-state index >= 15 is 0 Å². The van der Waals surface area contributed by atoms with E-state index in [-0.39, 0.29) is 5.41 Å². The molecule has 0 atom stereocenters. The molecular formula is C9H18N2. The molecule has 0 saturated heterocycles. The molecule has 0 aliphatic heterocycles. The smallest absolute Gasteiger partial charge is 0.0303 e. The Hall–Kier alpha value is -0.660. The molecule has 1 fully saturated rings. The fourth-order valence-corrected chi connectivity index (χ4v) is 1.92. The highest BCUT2D eigenvalue weighted by Crippen LogP contribution is 2.50. The average Bonchev–Trinajstić information content (AvgIpc) is 1.84. The SMILES string of the molecule is CC(C)C1(/C(N)=C/N)CCC1. The first-order valence-electron chi connectivity index (χ1n) is 4.31. The minimum Gasteiger partial charge on any atom is -0.403 e. The van der Waals surface area contributed by atoms with E-state index in [2.05, 4.69) is 13.8 Å². The quantitative estimate of drug-likeness (QED) is 0.634. The maximum Gasteiger partial charge on any atom is 0.0303 e. The highest BCUT2D eigenvalue weighted by Gasteiger charge is 2.41. The third-order valence-corrected chi connectivity index (χ3v) is 3.11. The first-order chi connectivity index (χ1) is 5.13. The zero-order valence-electron chi connectivity index (χ0n) is 7.43. The van der Waals surface area contributed by atoms with E-state index in [1.165, 1.54) is 19.3 Å². The summed E-state index contributed by atoms with van der Waals surface area (Å²) in [6, 6.07) is 0. The predicted octanol–water partition coefficient (Wildman–Crippen LogP) is 1.57. The van der Waals surface area contributed by atoms with Crippen LogP contribution in [0.3, 0.4) is 0 Å². The number of rotatable bonds is 2. The van der Waals surface area contributed by atoms with Crippen molar-refractivity contribution in [3.63, 3.8) is 0 Å². The van der Waals surface area contributed by atoms with Gasteiger partial charge in [0.25, 0.3) is 0 Å². The van der Waals surface area contributed by atoms with Gasteiger partial charge in [-0.25, -0.2) is 0 Å². The van der Waals surface area contributed by atoms with Gasteiger partial charge in [0.2, 0.25) is 0 Å². The van der Waals surface area contributed by atoms with Crippen LogP contribution >= 0.6 is 0 Å². The third-order valence-electron chi connectivity index (χ3n) is 3.11. The minimum atomic E-state index is 0.245. The second-order valence-electron chi connectivity index (χ2n) is 3.79. The molecule has 0 heterocycles. The monoisotopic (exact) mass is 154 g/mol. The maximum atomic E-state index is 5.85. The lowest BCUT2D eigenvalue weighted by molar-refractivity contribution is 0.113. The number of hydrogen-bond donors (Lipinski definition) is 2. The Kier molecular flexibility index (Phi) is 2.12. The highest BCUT2D eigenvalue weighted by molar-refractivity contribution is 5.14. The molecule has 0 bridgehead atoms. The van der Waals surface area contributed by atoms with Crippen LogP contribution in [0.5, 0.6) is 0 Å². The Balaban J connectivity index is 2.76. The summed E-state index contributed by atoms with van der Waals surface area (Å²) in [5.74, 6) is 0.621. The van der Waals surface area contributed by atoms with Crippen LogP contribution in [0.1, 0.15) is 33.1 Å². The summed E-state index contributed by atoms with van der Waals surface area (Å²) in [4.78, 5) is 0. The molecular weight excluding hydrogens is 136 g/mol. The molecule has 1 rings (SSSR count). The van der Waals surface area contributed by atoms with Crippen molar-refractivity contribution < 1.29 is 0 Å². The molecule has 0 unspecified atom stereocenters. The van der Waals surface area contributed by atoms with Crippen LogP contribution in [0.25, 0.3) is 0 Å². The van der Waals surface area contributed by atoms with Crippen LogP contribution in [0.2, 0.25) is 0 Å². The molecule has 2 nitrogen and oxygen atoms in total. The largest absolute Gasteiger partial charge is 0.403 e. The Morgan fingerprint density at radius 1 is 1.45 bits per heavy atom. The molecule has 0 aromatic heterocycles. The van der Waals surface area contributed by atoms with E-state index in [9.17, 15) is 0 Å². The summed E-state index contributed by atoms with van der Waals surface area (Å²) in [7, 11) is 0. The van der Waals surface area contributed by atoms with E-state index in [0.29, 0.717) is 5.92 Å². The maximum absolute atomic E-state index is 5.85. The van der Waals surface area contributed by atoms with E-state index in [4.69, 9.17) is 11.5 Å². The van der Waals surface area contributed by atoms with E-state index in [1.54, 1.807) is 6.20 Å². The molecule has 1 aliphatic carbocycles. The van der Waals surface area contributed by atoms with E-state index < -0.39 is 0 Å². The van der Waals surface area contributed by atoms with Crippen molar-refractivity contribution in [1.82, 2.24) is 0 Å². The molecule has 1 saturated carbocycles. The van der Waals surface area contributed by atoms with Crippen LogP contribution in [-0.2, 0) is 0 Å². The van der Waals surface area contributed by atoms with Gasteiger partial charge >= 0.3 is 0 Å². The summed E-state index contributed by atoms with van der Waals surface area (Å²) in [5.41, 5.74) is 12.4. The van der Waals surface area contributed by atoms with E-state index in [0.717, 1.165) is 5.70 Å². The Morgan fingerprint density at radius 2 is 2.00 bits per heavy atom. The van der Waals surface area contributed by atoms with Crippen LogP contribution < -0.4 is 11.5 Å². The van der Waals surface area contributed by atoms with Gasteiger partial charge in [-0.15, -0.1) is 0 Å². The Bertz CT molecular complexity index is 166. The first-order valence-corrected chi connectivity index (χ1v) is 4.31. The summed E-state index contributed by atoms with van der Waals surface area (Å²) in [6.07, 6.45) is 5.29. The fraction of sp³-hybridized carbons (Fsp3) is 0.778. The topological polar surface area (TPSA) is 52.0 Å². The molecule has 0 aromatic rings. The van der Waals surface area contributed by atoms with Crippen molar-refractivity contribution in [2.45, 2.75) is 33.1 Å². The highest BCUT2D eigenvalue weighted by atomic mass is 14.7. The molecule has 0 amide bonds. The van der Waals surface area contributed by atoms with Crippen LogP contribution in [0.15, 0.2) is 11.9 Å². The molecule has 64 valence electrons. The third kappa shape index (κ3) is 1.10. The minimum absolute atomic E-state index is 0.245. The summed E-state index contributed by atoms with van der Waals surface area (Å²) in [6.45, 7) is 4.44. The van der Waals surface area contributed by atoms with Gasteiger partial charge in [-0.05, 0) is 18.8 Å². The number of allylic oxidation sites excluding steroid dienone is 1. The molecule has 0 radical (unpaired) electrons. The van der Waals surface area contributed by atoms with Crippen LogP contribution in [-0.4, -0.2) is 0 Å². The lowest BCUT2D eigenvalue weighted by atomic mass is 9.60. The van der Waals surface area contributed by atoms with Gasteiger partial charge in [0.15, 0.2) is 0 Å². The van der Waals surface area contributed by atoms with E-state index in [1.807, 2.05) is 0 Å². The zero-order chi connectivity index (χ0) is 8.48. The predicted molar refractivity (Wildman–Crippen MR) is 47.6 cm³/mol. The van der Waals surface area contributed by atoms with Crippen molar-refractivity contribution in [1.29, 1.82) is 0 Å².